The van der Waals surface area contributed by atoms with E-state index in [1.807, 2.05) is 0 Å². The first-order valence-corrected chi connectivity index (χ1v) is 6.38. The molecular formula is C13H10BrF3N2O. The molecule has 1 unspecified atom stereocenters. The van der Waals surface area contributed by atoms with Gasteiger partial charge >= 0.3 is 6.36 Å². The number of aromatic nitrogens is 1. The van der Waals surface area contributed by atoms with Crippen molar-refractivity contribution in [2.75, 3.05) is 0 Å². The van der Waals surface area contributed by atoms with Gasteiger partial charge in [0.15, 0.2) is 0 Å². The van der Waals surface area contributed by atoms with E-state index >= 15 is 0 Å². The Hall–Kier alpha value is -1.60. The van der Waals surface area contributed by atoms with Crippen molar-refractivity contribution in [3.05, 3.63) is 58.3 Å². The smallest absolute Gasteiger partial charge is 0.405 e. The Bertz CT molecular complexity index is 604. The highest BCUT2D eigenvalue weighted by molar-refractivity contribution is 9.10. The summed E-state index contributed by atoms with van der Waals surface area (Å²) in [5.74, 6) is -0.329. The standard InChI is InChI=1S/C13H10BrF3N2O/c14-9-5-3-7-19-12(9)11(18)8-4-1-2-6-10(8)20-13(15,16)17/h1-7,11H,18H2. The zero-order valence-corrected chi connectivity index (χ0v) is 11.6. The third-order valence-electron chi connectivity index (χ3n) is 2.56. The molecule has 0 bridgehead atoms. The van der Waals surface area contributed by atoms with E-state index in [-0.39, 0.29) is 11.3 Å². The van der Waals surface area contributed by atoms with Crippen LogP contribution in [0.25, 0.3) is 0 Å². The molecule has 0 amide bonds. The zero-order valence-electron chi connectivity index (χ0n) is 10.1. The highest BCUT2D eigenvalue weighted by Gasteiger charge is 2.33. The topological polar surface area (TPSA) is 48.1 Å². The molecule has 7 heteroatoms. The molecule has 0 radical (unpaired) electrons. The predicted octanol–water partition coefficient (Wildman–Crippen LogP) is 3.79. The molecule has 1 aromatic carbocycles. The minimum Gasteiger partial charge on any atom is -0.405 e. The normalized spacial score (nSPS) is 13.1. The zero-order chi connectivity index (χ0) is 14.8. The summed E-state index contributed by atoms with van der Waals surface area (Å²) in [5, 5.41) is 0. The molecule has 0 spiro atoms. The summed E-state index contributed by atoms with van der Waals surface area (Å²) in [6.07, 6.45) is -3.25. The summed E-state index contributed by atoms with van der Waals surface area (Å²) in [7, 11) is 0. The Balaban J connectivity index is 2.40. The lowest BCUT2D eigenvalue weighted by atomic mass is 10.0. The number of para-hydroxylation sites is 1. The third-order valence-corrected chi connectivity index (χ3v) is 3.23. The fraction of sp³-hybridized carbons (Fsp3) is 0.154. The quantitative estimate of drug-likeness (QED) is 0.919. The van der Waals surface area contributed by atoms with Crippen molar-refractivity contribution in [1.82, 2.24) is 4.98 Å². The number of ether oxygens (including phenoxy) is 1. The van der Waals surface area contributed by atoms with Crippen LogP contribution in [0.5, 0.6) is 5.75 Å². The Morgan fingerprint density at radius 2 is 1.85 bits per heavy atom. The van der Waals surface area contributed by atoms with Crippen LogP contribution in [0.15, 0.2) is 47.1 Å². The van der Waals surface area contributed by atoms with E-state index in [1.165, 1.54) is 24.4 Å². The van der Waals surface area contributed by atoms with E-state index in [0.717, 1.165) is 0 Å². The molecule has 1 atom stereocenters. The molecule has 0 aliphatic heterocycles. The molecular weight excluding hydrogens is 337 g/mol. The van der Waals surface area contributed by atoms with Crippen LogP contribution in [-0.2, 0) is 0 Å². The van der Waals surface area contributed by atoms with Crippen LogP contribution in [0.4, 0.5) is 13.2 Å². The predicted molar refractivity (Wildman–Crippen MR) is 71.1 cm³/mol. The van der Waals surface area contributed by atoms with E-state index in [1.54, 1.807) is 18.2 Å². The summed E-state index contributed by atoms with van der Waals surface area (Å²) >= 11 is 3.27. The van der Waals surface area contributed by atoms with Crippen molar-refractivity contribution in [1.29, 1.82) is 0 Å². The van der Waals surface area contributed by atoms with Gasteiger partial charge in [-0.15, -0.1) is 13.2 Å². The maximum absolute atomic E-state index is 12.4. The van der Waals surface area contributed by atoms with Gasteiger partial charge in [0.25, 0.3) is 0 Å². The second kappa shape index (κ2) is 5.80. The fourth-order valence-corrected chi connectivity index (χ4v) is 2.23. The number of hydrogen-bond donors (Lipinski definition) is 1. The number of alkyl halides is 3. The number of rotatable bonds is 3. The van der Waals surface area contributed by atoms with Crippen LogP contribution >= 0.6 is 15.9 Å². The van der Waals surface area contributed by atoms with Gasteiger partial charge in [-0.3, -0.25) is 4.98 Å². The molecule has 106 valence electrons. The summed E-state index contributed by atoms with van der Waals surface area (Å²) in [5.41, 5.74) is 6.65. The minimum atomic E-state index is -4.77. The van der Waals surface area contributed by atoms with Gasteiger partial charge in [0.2, 0.25) is 0 Å². The van der Waals surface area contributed by atoms with Gasteiger partial charge in [-0.1, -0.05) is 18.2 Å². The number of pyridine rings is 1. The van der Waals surface area contributed by atoms with E-state index in [0.29, 0.717) is 10.2 Å². The molecule has 2 rings (SSSR count). The fourth-order valence-electron chi connectivity index (χ4n) is 1.73. The second-order valence-corrected chi connectivity index (χ2v) is 4.79. The monoisotopic (exact) mass is 346 g/mol. The van der Waals surface area contributed by atoms with Gasteiger partial charge in [-0.25, -0.2) is 0 Å². The molecule has 2 aromatic rings. The number of benzene rings is 1. The van der Waals surface area contributed by atoms with Crippen LogP contribution in [0, 0.1) is 0 Å². The molecule has 0 saturated heterocycles. The summed E-state index contributed by atoms with van der Waals surface area (Å²) in [4.78, 5) is 4.08. The maximum Gasteiger partial charge on any atom is 0.573 e. The van der Waals surface area contributed by atoms with Crippen molar-refractivity contribution in [2.24, 2.45) is 5.73 Å². The van der Waals surface area contributed by atoms with Crippen molar-refractivity contribution in [3.63, 3.8) is 0 Å². The van der Waals surface area contributed by atoms with Crippen molar-refractivity contribution in [3.8, 4) is 5.75 Å². The second-order valence-electron chi connectivity index (χ2n) is 3.93. The highest BCUT2D eigenvalue weighted by atomic mass is 79.9. The van der Waals surface area contributed by atoms with Gasteiger partial charge < -0.3 is 10.5 Å². The van der Waals surface area contributed by atoms with E-state index < -0.39 is 12.4 Å². The first-order valence-electron chi connectivity index (χ1n) is 5.59. The molecule has 0 aliphatic carbocycles. The van der Waals surface area contributed by atoms with E-state index in [9.17, 15) is 13.2 Å². The van der Waals surface area contributed by atoms with Crippen molar-refractivity contribution in [2.45, 2.75) is 12.4 Å². The molecule has 1 aromatic heterocycles. The number of halogens is 4. The molecule has 0 fully saturated rings. The largest absolute Gasteiger partial charge is 0.573 e. The Morgan fingerprint density at radius 1 is 1.15 bits per heavy atom. The van der Waals surface area contributed by atoms with Gasteiger partial charge in [0, 0.05) is 16.2 Å². The minimum absolute atomic E-state index is 0.212. The lowest BCUT2D eigenvalue weighted by molar-refractivity contribution is -0.274. The van der Waals surface area contributed by atoms with Gasteiger partial charge in [0.1, 0.15) is 5.75 Å². The van der Waals surface area contributed by atoms with Crippen molar-refractivity contribution < 1.29 is 17.9 Å². The highest BCUT2D eigenvalue weighted by Crippen LogP contribution is 2.33. The average molecular weight is 347 g/mol. The molecule has 20 heavy (non-hydrogen) atoms. The summed E-state index contributed by atoms with van der Waals surface area (Å²) < 4.78 is 41.7. The molecule has 3 nitrogen and oxygen atoms in total. The van der Waals surface area contributed by atoms with Crippen LogP contribution in [-0.4, -0.2) is 11.3 Å². The van der Waals surface area contributed by atoms with Gasteiger partial charge in [0.05, 0.1) is 11.7 Å². The third kappa shape index (κ3) is 3.49. The molecule has 0 aliphatic rings. The Kier molecular flexibility index (Phi) is 4.29. The Labute approximate surface area is 121 Å². The molecule has 2 N–H and O–H groups in total. The van der Waals surface area contributed by atoms with Crippen LogP contribution in [0.2, 0.25) is 0 Å². The number of nitrogens with two attached hydrogens (primary N) is 1. The van der Waals surface area contributed by atoms with Gasteiger partial charge in [-0.05, 0) is 34.1 Å². The lowest BCUT2D eigenvalue weighted by Crippen LogP contribution is -2.21. The summed E-state index contributed by atoms with van der Waals surface area (Å²) in [6.45, 7) is 0. The number of hydrogen-bond acceptors (Lipinski definition) is 3. The average Bonchev–Trinajstić information content (AvgIpc) is 2.37. The number of nitrogens with zero attached hydrogens (tertiary/aromatic N) is 1. The SMILES string of the molecule is NC(c1ccccc1OC(F)(F)F)c1ncccc1Br. The first-order chi connectivity index (χ1) is 9.38. The van der Waals surface area contributed by atoms with Crippen LogP contribution < -0.4 is 10.5 Å². The lowest BCUT2D eigenvalue weighted by Gasteiger charge is -2.18. The Morgan fingerprint density at radius 3 is 2.50 bits per heavy atom. The van der Waals surface area contributed by atoms with E-state index in [4.69, 9.17) is 5.73 Å². The molecule has 0 saturated carbocycles. The van der Waals surface area contributed by atoms with Crippen LogP contribution in [0.1, 0.15) is 17.3 Å². The first kappa shape index (κ1) is 14.8. The summed E-state index contributed by atoms with van der Waals surface area (Å²) in [6, 6.07) is 8.32. The molecule has 1 heterocycles. The van der Waals surface area contributed by atoms with Gasteiger partial charge in [-0.2, -0.15) is 0 Å². The van der Waals surface area contributed by atoms with Crippen LogP contribution in [0.3, 0.4) is 0 Å². The maximum atomic E-state index is 12.4. The van der Waals surface area contributed by atoms with E-state index in [2.05, 4.69) is 25.7 Å². The van der Waals surface area contributed by atoms with Crippen molar-refractivity contribution >= 4 is 15.9 Å².